The zero-order chi connectivity index (χ0) is 17.6. The number of fused-ring (bicyclic) bond motifs is 1. The average molecular weight is 360 g/mol. The monoisotopic (exact) mass is 360 g/mol. The Balaban J connectivity index is 1.81. The Bertz CT molecular complexity index is 735. The van der Waals surface area contributed by atoms with Crippen molar-refractivity contribution in [2.45, 2.75) is 19.1 Å². The summed E-state index contributed by atoms with van der Waals surface area (Å²) in [7, 11) is 0. The van der Waals surface area contributed by atoms with Crippen LogP contribution in [0.5, 0.6) is 0 Å². The second-order valence-electron chi connectivity index (χ2n) is 5.56. The molecule has 1 aliphatic heterocycles. The predicted molar refractivity (Wildman–Crippen MR) is 96.5 cm³/mol. The van der Waals surface area contributed by atoms with Crippen LogP contribution in [0.25, 0.3) is 0 Å². The van der Waals surface area contributed by atoms with E-state index in [-0.39, 0.29) is 12.6 Å². The van der Waals surface area contributed by atoms with Crippen molar-refractivity contribution in [2.24, 2.45) is 0 Å². The van der Waals surface area contributed by atoms with Crippen LogP contribution in [0.15, 0.2) is 43.0 Å². The van der Waals surface area contributed by atoms with E-state index in [1.54, 1.807) is 6.08 Å². The van der Waals surface area contributed by atoms with Crippen LogP contribution in [0.4, 0.5) is 9.93 Å². The van der Waals surface area contributed by atoms with Crippen molar-refractivity contribution < 1.29 is 14.7 Å². The molecule has 2 heterocycles. The summed E-state index contributed by atoms with van der Waals surface area (Å²) < 4.78 is 0. The number of carboxylic acid groups (broad SMARTS) is 1. The normalized spacial score (nSPS) is 16.2. The van der Waals surface area contributed by atoms with Gasteiger partial charge in [-0.1, -0.05) is 47.7 Å². The second kappa shape index (κ2) is 8.21. The number of hydroxylamine groups is 1. The molecule has 3 N–H and O–H groups in total. The van der Waals surface area contributed by atoms with E-state index in [4.69, 9.17) is 4.84 Å². The molecule has 3 rings (SSSR count). The third-order valence-corrected chi connectivity index (χ3v) is 4.98. The van der Waals surface area contributed by atoms with E-state index in [1.807, 2.05) is 30.3 Å². The summed E-state index contributed by atoms with van der Waals surface area (Å²) in [5, 5.41) is 13.3. The van der Waals surface area contributed by atoms with Gasteiger partial charge in [-0.15, -0.1) is 6.58 Å². The fourth-order valence-electron chi connectivity index (χ4n) is 2.58. The quantitative estimate of drug-likeness (QED) is 0.400. The lowest BCUT2D eigenvalue weighted by Gasteiger charge is -2.22. The van der Waals surface area contributed by atoms with Gasteiger partial charge in [-0.2, -0.15) is 5.48 Å². The van der Waals surface area contributed by atoms with Gasteiger partial charge in [0.15, 0.2) is 5.13 Å². The standard InChI is InChI=1S/C17H20N4O3S/c1-2-8-24-20-14-10-18-9-13-15(14)25-16(19-13)21(17(22)23)11-12-6-4-3-5-7-12/h2-7,14,18,20H,1,8-11H2,(H,22,23). The van der Waals surface area contributed by atoms with Gasteiger partial charge in [0, 0.05) is 13.1 Å². The molecule has 1 amide bonds. The van der Waals surface area contributed by atoms with Crippen LogP contribution in [0.1, 0.15) is 22.2 Å². The number of aromatic nitrogens is 1. The van der Waals surface area contributed by atoms with Gasteiger partial charge < -0.3 is 10.4 Å². The fourth-order valence-corrected chi connectivity index (χ4v) is 3.69. The van der Waals surface area contributed by atoms with Gasteiger partial charge in [0.05, 0.1) is 29.8 Å². The summed E-state index contributed by atoms with van der Waals surface area (Å²) in [5.74, 6) is 0. The Morgan fingerprint density at radius 3 is 3.04 bits per heavy atom. The molecule has 132 valence electrons. The number of amides is 1. The molecule has 7 nitrogen and oxygen atoms in total. The van der Waals surface area contributed by atoms with Gasteiger partial charge in [-0.25, -0.2) is 14.7 Å². The van der Waals surface area contributed by atoms with Crippen LogP contribution >= 0.6 is 11.3 Å². The first-order chi connectivity index (χ1) is 12.2. The summed E-state index contributed by atoms with van der Waals surface area (Å²) >= 11 is 1.38. The number of hydrogen-bond acceptors (Lipinski definition) is 6. The minimum absolute atomic E-state index is 0.0673. The molecule has 1 unspecified atom stereocenters. The van der Waals surface area contributed by atoms with Gasteiger partial charge in [0.2, 0.25) is 0 Å². The van der Waals surface area contributed by atoms with Crippen LogP contribution in [-0.4, -0.2) is 29.3 Å². The molecule has 1 aliphatic rings. The van der Waals surface area contributed by atoms with Crippen molar-refractivity contribution in [3.05, 3.63) is 59.1 Å². The second-order valence-corrected chi connectivity index (χ2v) is 6.57. The first kappa shape index (κ1) is 17.6. The summed E-state index contributed by atoms with van der Waals surface area (Å²) in [4.78, 5) is 23.9. The van der Waals surface area contributed by atoms with Crippen LogP contribution in [0.2, 0.25) is 0 Å². The zero-order valence-electron chi connectivity index (χ0n) is 13.6. The van der Waals surface area contributed by atoms with Gasteiger partial charge in [0.25, 0.3) is 0 Å². The Labute approximate surface area is 149 Å². The predicted octanol–water partition coefficient (Wildman–Crippen LogP) is 2.68. The lowest BCUT2D eigenvalue weighted by molar-refractivity contribution is 0.0333. The van der Waals surface area contributed by atoms with Crippen molar-refractivity contribution in [3.63, 3.8) is 0 Å². The van der Waals surface area contributed by atoms with Crippen molar-refractivity contribution in [2.75, 3.05) is 18.1 Å². The largest absolute Gasteiger partial charge is 0.465 e. The maximum atomic E-state index is 11.7. The third-order valence-electron chi connectivity index (χ3n) is 3.75. The lowest BCUT2D eigenvalue weighted by atomic mass is 10.1. The number of nitrogens with zero attached hydrogens (tertiary/aromatic N) is 2. The Hall–Kier alpha value is -2.26. The minimum Gasteiger partial charge on any atom is -0.465 e. The van der Waals surface area contributed by atoms with E-state index in [2.05, 4.69) is 22.4 Å². The van der Waals surface area contributed by atoms with Crippen molar-refractivity contribution in [3.8, 4) is 0 Å². The van der Waals surface area contributed by atoms with Gasteiger partial charge in [0.1, 0.15) is 0 Å². The highest BCUT2D eigenvalue weighted by molar-refractivity contribution is 7.16. The number of nitrogens with one attached hydrogen (secondary N) is 2. The van der Waals surface area contributed by atoms with E-state index in [0.717, 1.165) is 16.1 Å². The molecule has 1 aromatic carbocycles. The van der Waals surface area contributed by atoms with E-state index < -0.39 is 6.09 Å². The van der Waals surface area contributed by atoms with Crippen molar-refractivity contribution in [1.82, 2.24) is 15.8 Å². The minimum atomic E-state index is -1.02. The topological polar surface area (TPSA) is 86.7 Å². The van der Waals surface area contributed by atoms with Gasteiger partial charge in [-0.3, -0.25) is 4.84 Å². The summed E-state index contributed by atoms with van der Waals surface area (Å²) in [6.45, 7) is 5.58. The Morgan fingerprint density at radius 2 is 2.32 bits per heavy atom. The zero-order valence-corrected chi connectivity index (χ0v) is 14.5. The number of benzene rings is 1. The average Bonchev–Trinajstić information content (AvgIpc) is 3.05. The number of carbonyl (C=O) groups is 1. The number of anilines is 1. The van der Waals surface area contributed by atoms with Crippen molar-refractivity contribution in [1.29, 1.82) is 0 Å². The first-order valence-corrected chi connectivity index (χ1v) is 8.73. The molecule has 0 fully saturated rings. The molecule has 0 spiro atoms. The molecule has 0 radical (unpaired) electrons. The van der Waals surface area contributed by atoms with E-state index in [1.165, 1.54) is 16.2 Å². The molecule has 25 heavy (non-hydrogen) atoms. The van der Waals surface area contributed by atoms with E-state index >= 15 is 0 Å². The summed E-state index contributed by atoms with van der Waals surface area (Å²) in [6, 6.07) is 9.42. The maximum absolute atomic E-state index is 11.7. The first-order valence-electron chi connectivity index (χ1n) is 7.92. The van der Waals surface area contributed by atoms with Crippen LogP contribution in [0, 0.1) is 0 Å². The highest BCUT2D eigenvalue weighted by Gasteiger charge is 2.28. The molecule has 0 aliphatic carbocycles. The molecular formula is C17H20N4O3S. The Kier molecular flexibility index (Phi) is 5.77. The SMILES string of the molecule is C=CCONC1CNCc2nc(N(Cc3ccccc3)C(=O)O)sc21. The van der Waals surface area contributed by atoms with Gasteiger partial charge in [-0.05, 0) is 5.56 Å². The molecule has 0 saturated carbocycles. The highest BCUT2D eigenvalue weighted by atomic mass is 32.1. The summed E-state index contributed by atoms with van der Waals surface area (Å²) in [6.07, 6.45) is 0.643. The number of hydrogen-bond donors (Lipinski definition) is 3. The fraction of sp³-hybridized carbons (Fsp3) is 0.294. The molecule has 0 bridgehead atoms. The third kappa shape index (κ3) is 4.23. The van der Waals surface area contributed by atoms with E-state index in [9.17, 15) is 9.90 Å². The maximum Gasteiger partial charge on any atom is 0.413 e. The van der Waals surface area contributed by atoms with E-state index in [0.29, 0.717) is 24.8 Å². The van der Waals surface area contributed by atoms with Crippen LogP contribution < -0.4 is 15.7 Å². The van der Waals surface area contributed by atoms with Crippen molar-refractivity contribution >= 4 is 22.6 Å². The smallest absolute Gasteiger partial charge is 0.413 e. The van der Waals surface area contributed by atoms with Gasteiger partial charge >= 0.3 is 6.09 Å². The molecule has 8 heteroatoms. The lowest BCUT2D eigenvalue weighted by Crippen LogP contribution is -2.35. The van der Waals surface area contributed by atoms with Crippen LogP contribution in [0.3, 0.4) is 0 Å². The Morgan fingerprint density at radius 1 is 1.52 bits per heavy atom. The molecule has 2 aromatic rings. The summed E-state index contributed by atoms with van der Waals surface area (Å²) in [5.41, 5.74) is 4.75. The van der Waals surface area contributed by atoms with Crippen LogP contribution in [-0.2, 0) is 17.9 Å². The number of rotatable bonds is 7. The molecular weight excluding hydrogens is 340 g/mol. The molecule has 0 saturated heterocycles. The number of thiazole rings is 1. The highest BCUT2D eigenvalue weighted by Crippen LogP contribution is 2.34. The molecule has 1 atom stereocenters. The molecule has 1 aromatic heterocycles.